The molecular weight excluding hydrogens is 280 g/mol. The van der Waals surface area contributed by atoms with Gasteiger partial charge < -0.3 is 9.47 Å². The summed E-state index contributed by atoms with van der Waals surface area (Å²) in [5.41, 5.74) is 0.459. The summed E-state index contributed by atoms with van der Waals surface area (Å²) >= 11 is 0.897. The number of nitrogens with two attached hydrogens (primary N) is 1. The van der Waals surface area contributed by atoms with Gasteiger partial charge in [0.1, 0.15) is 5.75 Å². The number of rotatable bonds is 2. The van der Waals surface area contributed by atoms with Crippen LogP contribution in [0.4, 0.5) is 4.79 Å². The lowest BCUT2D eigenvalue weighted by atomic mass is 10.3. The lowest BCUT2D eigenvalue weighted by Gasteiger charge is -2.01. The van der Waals surface area contributed by atoms with E-state index in [0.29, 0.717) is 10.2 Å². The number of carbonyl (C=O) groups excluding carboxylic acids is 1. The Bertz CT molecular complexity index is 707. The molecule has 0 spiro atoms. The molecule has 9 heteroatoms. The number of benzene rings is 1. The molecule has 0 unspecified atom stereocenters. The van der Waals surface area contributed by atoms with E-state index in [2.05, 4.69) is 9.72 Å². The Morgan fingerprint density at radius 3 is 2.78 bits per heavy atom. The Hall–Kier alpha value is -1.71. The number of aromatic nitrogens is 1. The van der Waals surface area contributed by atoms with Gasteiger partial charge in [0.25, 0.3) is 10.0 Å². The Kier molecular flexibility index (Phi) is 3.20. The third-order valence-electron chi connectivity index (χ3n) is 1.95. The van der Waals surface area contributed by atoms with Crippen molar-refractivity contribution in [3.05, 3.63) is 18.2 Å². The van der Waals surface area contributed by atoms with Crippen LogP contribution in [0.2, 0.25) is 0 Å². The van der Waals surface area contributed by atoms with Gasteiger partial charge in [-0.15, -0.1) is 11.3 Å². The number of ether oxygens (including phenoxy) is 2. The zero-order valence-corrected chi connectivity index (χ0v) is 10.7. The minimum absolute atomic E-state index is 0.187. The predicted molar refractivity (Wildman–Crippen MR) is 64.0 cm³/mol. The van der Waals surface area contributed by atoms with Gasteiger partial charge in [-0.2, -0.15) is 0 Å². The van der Waals surface area contributed by atoms with Crippen LogP contribution in [0.5, 0.6) is 5.75 Å². The normalized spacial score (nSPS) is 11.4. The van der Waals surface area contributed by atoms with Crippen molar-refractivity contribution in [1.29, 1.82) is 0 Å². The van der Waals surface area contributed by atoms with E-state index in [-0.39, 0.29) is 10.1 Å². The largest absolute Gasteiger partial charge is 0.513 e. The first-order valence-corrected chi connectivity index (χ1v) is 6.95. The second-order valence-corrected chi connectivity index (χ2v) is 5.98. The number of nitrogens with zero attached hydrogens (tertiary/aromatic N) is 1. The van der Waals surface area contributed by atoms with Crippen molar-refractivity contribution in [2.45, 2.75) is 4.34 Å². The van der Waals surface area contributed by atoms with Gasteiger partial charge in [-0.1, -0.05) is 0 Å². The molecular formula is C9H8N2O5S2. The molecule has 0 atom stereocenters. The highest BCUT2D eigenvalue weighted by molar-refractivity contribution is 7.91. The number of carbonyl (C=O) groups is 1. The van der Waals surface area contributed by atoms with Crippen molar-refractivity contribution >= 4 is 37.7 Å². The number of thiazole rings is 1. The Morgan fingerprint density at radius 2 is 2.17 bits per heavy atom. The minimum atomic E-state index is -3.83. The van der Waals surface area contributed by atoms with Gasteiger partial charge in [0.05, 0.1) is 17.3 Å². The van der Waals surface area contributed by atoms with Crippen molar-refractivity contribution < 1.29 is 22.7 Å². The van der Waals surface area contributed by atoms with Crippen LogP contribution in [-0.4, -0.2) is 26.7 Å². The zero-order chi connectivity index (χ0) is 13.3. The monoisotopic (exact) mass is 288 g/mol. The van der Waals surface area contributed by atoms with Crippen molar-refractivity contribution in [3.63, 3.8) is 0 Å². The fourth-order valence-electron chi connectivity index (χ4n) is 1.21. The van der Waals surface area contributed by atoms with E-state index in [1.54, 1.807) is 0 Å². The molecule has 0 aliphatic rings. The summed E-state index contributed by atoms with van der Waals surface area (Å²) in [6.45, 7) is 0. The zero-order valence-electron chi connectivity index (χ0n) is 9.11. The van der Waals surface area contributed by atoms with Crippen LogP contribution in [0.15, 0.2) is 22.5 Å². The fourth-order valence-corrected chi connectivity index (χ4v) is 2.89. The number of fused-ring (bicyclic) bond motifs is 1. The summed E-state index contributed by atoms with van der Waals surface area (Å²) in [5.74, 6) is 0.235. The highest BCUT2D eigenvalue weighted by Crippen LogP contribution is 2.28. The molecule has 0 radical (unpaired) electrons. The summed E-state index contributed by atoms with van der Waals surface area (Å²) in [6.07, 6.45) is -0.856. The van der Waals surface area contributed by atoms with Crippen LogP contribution < -0.4 is 9.88 Å². The van der Waals surface area contributed by atoms with Crippen LogP contribution in [0.25, 0.3) is 10.2 Å². The molecule has 2 N–H and O–H groups in total. The van der Waals surface area contributed by atoms with E-state index in [4.69, 9.17) is 9.88 Å². The lowest BCUT2D eigenvalue weighted by molar-refractivity contribution is 0.121. The third kappa shape index (κ3) is 2.58. The first-order chi connectivity index (χ1) is 8.40. The molecule has 0 saturated carbocycles. The third-order valence-corrected chi connectivity index (χ3v) is 4.29. The average Bonchev–Trinajstić information content (AvgIpc) is 2.71. The van der Waals surface area contributed by atoms with E-state index in [1.165, 1.54) is 25.3 Å². The number of primary sulfonamides is 1. The van der Waals surface area contributed by atoms with E-state index in [0.717, 1.165) is 11.3 Å². The van der Waals surface area contributed by atoms with Crippen LogP contribution in [0.1, 0.15) is 0 Å². The molecule has 2 aromatic rings. The minimum Gasteiger partial charge on any atom is -0.437 e. The van der Waals surface area contributed by atoms with E-state index in [1.807, 2.05) is 0 Å². The van der Waals surface area contributed by atoms with Crippen molar-refractivity contribution in [3.8, 4) is 5.75 Å². The second kappa shape index (κ2) is 4.52. The van der Waals surface area contributed by atoms with Crippen LogP contribution in [0, 0.1) is 0 Å². The fraction of sp³-hybridized carbons (Fsp3) is 0.111. The Labute approximate surface area is 106 Å². The molecule has 2 rings (SSSR count). The molecule has 0 aliphatic carbocycles. The molecule has 0 saturated heterocycles. The summed E-state index contributed by atoms with van der Waals surface area (Å²) in [6, 6.07) is 4.49. The van der Waals surface area contributed by atoms with Crippen LogP contribution in [0.3, 0.4) is 0 Å². The van der Waals surface area contributed by atoms with Gasteiger partial charge in [0, 0.05) is 6.07 Å². The molecule has 7 nitrogen and oxygen atoms in total. The molecule has 1 aromatic carbocycles. The number of hydrogen-bond donors (Lipinski definition) is 1. The molecule has 1 aromatic heterocycles. The summed E-state index contributed by atoms with van der Waals surface area (Å²) < 4.78 is 31.8. The Morgan fingerprint density at radius 1 is 1.44 bits per heavy atom. The van der Waals surface area contributed by atoms with Gasteiger partial charge in [-0.3, -0.25) is 0 Å². The second-order valence-electron chi connectivity index (χ2n) is 3.21. The molecule has 0 amide bonds. The first-order valence-electron chi connectivity index (χ1n) is 4.59. The van der Waals surface area contributed by atoms with Gasteiger partial charge in [-0.25, -0.2) is 23.3 Å². The highest BCUT2D eigenvalue weighted by Gasteiger charge is 2.15. The SMILES string of the molecule is COC(=O)Oc1ccc2nc(S(N)(=O)=O)sc2c1. The first kappa shape index (κ1) is 12.7. The van der Waals surface area contributed by atoms with E-state index < -0.39 is 16.2 Å². The summed E-state index contributed by atoms with van der Waals surface area (Å²) in [7, 11) is -2.64. The molecule has 18 heavy (non-hydrogen) atoms. The molecule has 1 heterocycles. The molecule has 0 fully saturated rings. The average molecular weight is 288 g/mol. The Balaban J connectivity index is 2.43. The highest BCUT2D eigenvalue weighted by atomic mass is 32.2. The molecule has 0 aliphatic heterocycles. The maximum absolute atomic E-state index is 11.1. The van der Waals surface area contributed by atoms with Crippen molar-refractivity contribution in [2.75, 3.05) is 7.11 Å². The van der Waals surface area contributed by atoms with Gasteiger partial charge in [-0.05, 0) is 12.1 Å². The number of methoxy groups -OCH3 is 1. The summed E-state index contributed by atoms with van der Waals surface area (Å²) in [4.78, 5) is 14.8. The van der Waals surface area contributed by atoms with Crippen molar-refractivity contribution in [1.82, 2.24) is 4.98 Å². The smallest absolute Gasteiger partial charge is 0.437 e. The van der Waals surface area contributed by atoms with Crippen LogP contribution in [-0.2, 0) is 14.8 Å². The standard InChI is InChI=1S/C9H8N2O5S2/c1-15-9(12)16-5-2-3-6-7(4-5)17-8(11-6)18(10,13)14/h2-4H,1H3,(H2,10,13,14). The number of hydrogen-bond acceptors (Lipinski definition) is 7. The van der Waals surface area contributed by atoms with E-state index in [9.17, 15) is 13.2 Å². The maximum atomic E-state index is 11.1. The molecule has 96 valence electrons. The van der Waals surface area contributed by atoms with Gasteiger partial charge in [0.15, 0.2) is 0 Å². The predicted octanol–water partition coefficient (Wildman–Crippen LogP) is 1.09. The quantitative estimate of drug-likeness (QED) is 0.654. The van der Waals surface area contributed by atoms with Gasteiger partial charge in [0.2, 0.25) is 4.34 Å². The van der Waals surface area contributed by atoms with Crippen molar-refractivity contribution in [2.24, 2.45) is 5.14 Å². The summed E-state index contributed by atoms with van der Waals surface area (Å²) in [5, 5.41) is 4.98. The molecule has 0 bridgehead atoms. The van der Waals surface area contributed by atoms with Crippen LogP contribution >= 0.6 is 11.3 Å². The maximum Gasteiger partial charge on any atom is 0.513 e. The van der Waals surface area contributed by atoms with E-state index >= 15 is 0 Å². The lowest BCUT2D eigenvalue weighted by Crippen LogP contribution is -2.11. The van der Waals surface area contributed by atoms with Gasteiger partial charge >= 0.3 is 6.16 Å². The number of sulfonamides is 1. The topological polar surface area (TPSA) is 109 Å².